The number of imidazole rings is 1. The molecule has 0 aliphatic heterocycles. The number of H-pyrrole nitrogens is 1. The summed E-state index contributed by atoms with van der Waals surface area (Å²) in [4.78, 5) is 12.3. The molecular formula is C19H21N3O3S. The Labute approximate surface area is 154 Å². The first kappa shape index (κ1) is 17.0. The third-order valence-corrected chi connectivity index (χ3v) is 6.80. The number of nitrogens with one attached hydrogen (secondary N) is 1. The number of methoxy groups -OCH3 is 2. The molecule has 7 heteroatoms. The van der Waals surface area contributed by atoms with Crippen molar-refractivity contribution in [1.29, 1.82) is 0 Å². The van der Waals surface area contributed by atoms with Gasteiger partial charge in [-0.05, 0) is 37.8 Å². The summed E-state index contributed by atoms with van der Waals surface area (Å²) in [5.74, 6) is 1.21. The van der Waals surface area contributed by atoms with Crippen molar-refractivity contribution in [3.63, 3.8) is 0 Å². The topological polar surface area (TPSA) is 77.1 Å². The fourth-order valence-corrected chi connectivity index (χ4v) is 5.15. The maximum atomic E-state index is 13.5. The van der Waals surface area contributed by atoms with Crippen LogP contribution in [0, 0.1) is 0 Å². The molecule has 2 heterocycles. The predicted octanol–water partition coefficient (Wildman–Crippen LogP) is 3.33. The summed E-state index contributed by atoms with van der Waals surface area (Å²) >= 11 is 0. The van der Waals surface area contributed by atoms with Gasteiger partial charge < -0.3 is 14.5 Å². The molecule has 0 fully saturated rings. The monoisotopic (exact) mass is 371 g/mol. The van der Waals surface area contributed by atoms with Crippen LogP contribution in [0.25, 0.3) is 11.0 Å². The van der Waals surface area contributed by atoms with Crippen molar-refractivity contribution in [2.24, 2.45) is 0 Å². The largest absolute Gasteiger partial charge is 0.493 e. The van der Waals surface area contributed by atoms with Gasteiger partial charge in [0.05, 0.1) is 35.7 Å². The smallest absolute Gasteiger partial charge is 0.198 e. The molecule has 3 aromatic rings. The number of nitrogens with zero attached hydrogens (tertiary/aromatic N) is 2. The second-order valence-corrected chi connectivity index (χ2v) is 8.46. The van der Waals surface area contributed by atoms with Crippen LogP contribution in [0.3, 0.4) is 0 Å². The standard InChI is InChI=1S/C19H21N3O3S/c1-19(8-4-6-12-7-5-9-20-17(12)19)26(23)18-21-13-10-15(24-2)16(25-3)11-14(13)22-18/h5,7,9-11H,4,6,8H2,1-3H3,(H,21,22). The number of pyridine rings is 1. The molecular weight excluding hydrogens is 350 g/mol. The van der Waals surface area contributed by atoms with E-state index in [2.05, 4.69) is 21.0 Å². The Morgan fingerprint density at radius 1 is 1.23 bits per heavy atom. The SMILES string of the molecule is COc1cc2nc(S(=O)C3(C)CCCc4cccnc43)[nH]c2cc1OC. The van der Waals surface area contributed by atoms with E-state index < -0.39 is 15.5 Å². The molecule has 6 nitrogen and oxygen atoms in total. The van der Waals surface area contributed by atoms with Crippen molar-refractivity contribution >= 4 is 21.8 Å². The highest BCUT2D eigenvalue weighted by Crippen LogP contribution is 2.41. The first-order valence-corrected chi connectivity index (χ1v) is 9.70. The fourth-order valence-electron chi connectivity index (χ4n) is 3.65. The Hall–Kier alpha value is -2.41. The van der Waals surface area contributed by atoms with Gasteiger partial charge in [-0.15, -0.1) is 0 Å². The average Bonchev–Trinajstić information content (AvgIpc) is 3.09. The predicted molar refractivity (Wildman–Crippen MR) is 100 cm³/mol. The molecule has 0 saturated carbocycles. The molecule has 0 amide bonds. The Bertz CT molecular complexity index is 960. The zero-order valence-corrected chi connectivity index (χ0v) is 15.9. The Morgan fingerprint density at radius 3 is 2.77 bits per heavy atom. The summed E-state index contributed by atoms with van der Waals surface area (Å²) in [7, 11) is 1.82. The number of fused-ring (bicyclic) bond motifs is 2. The highest BCUT2D eigenvalue weighted by Gasteiger charge is 2.41. The lowest BCUT2D eigenvalue weighted by molar-refractivity contribution is 0.356. The lowest BCUT2D eigenvalue weighted by Crippen LogP contribution is -2.34. The highest BCUT2D eigenvalue weighted by atomic mass is 32.2. The minimum absolute atomic E-state index is 0.455. The second-order valence-electron chi connectivity index (χ2n) is 6.63. The van der Waals surface area contributed by atoms with Gasteiger partial charge in [0, 0.05) is 18.3 Å². The molecule has 0 radical (unpaired) electrons. The second kappa shape index (κ2) is 6.39. The van der Waals surface area contributed by atoms with Crippen molar-refractivity contribution < 1.29 is 13.7 Å². The van der Waals surface area contributed by atoms with E-state index in [1.54, 1.807) is 26.5 Å². The molecule has 1 N–H and O–H groups in total. The fraction of sp³-hybridized carbons (Fsp3) is 0.368. The van der Waals surface area contributed by atoms with Gasteiger partial charge in [0.1, 0.15) is 10.8 Å². The summed E-state index contributed by atoms with van der Waals surface area (Å²) in [6, 6.07) is 7.62. The number of aromatic amines is 1. The minimum atomic E-state index is -1.36. The molecule has 2 aromatic heterocycles. The molecule has 136 valence electrons. The number of ether oxygens (including phenoxy) is 2. The maximum Gasteiger partial charge on any atom is 0.198 e. The van der Waals surface area contributed by atoms with Crippen molar-refractivity contribution in [3.05, 3.63) is 41.7 Å². The van der Waals surface area contributed by atoms with Crippen molar-refractivity contribution in [2.45, 2.75) is 36.1 Å². The molecule has 0 bridgehead atoms. The lowest BCUT2D eigenvalue weighted by Gasteiger charge is -2.32. The van der Waals surface area contributed by atoms with Crippen LogP contribution in [0.1, 0.15) is 31.0 Å². The highest BCUT2D eigenvalue weighted by molar-refractivity contribution is 7.85. The quantitative estimate of drug-likeness (QED) is 0.761. The molecule has 0 saturated heterocycles. The normalized spacial score (nSPS) is 20.6. The summed E-state index contributed by atoms with van der Waals surface area (Å²) in [5, 5.41) is 0.455. The van der Waals surface area contributed by atoms with Gasteiger partial charge >= 0.3 is 0 Å². The van der Waals surface area contributed by atoms with Gasteiger partial charge in [0.15, 0.2) is 16.7 Å². The van der Waals surface area contributed by atoms with Gasteiger partial charge in [-0.2, -0.15) is 0 Å². The molecule has 26 heavy (non-hydrogen) atoms. The minimum Gasteiger partial charge on any atom is -0.493 e. The van der Waals surface area contributed by atoms with E-state index in [9.17, 15) is 4.21 Å². The third kappa shape index (κ3) is 2.58. The molecule has 2 atom stereocenters. The first-order chi connectivity index (χ1) is 12.6. The van der Waals surface area contributed by atoms with Crippen LogP contribution >= 0.6 is 0 Å². The molecule has 1 aromatic carbocycles. The van der Waals surface area contributed by atoms with E-state index in [0.29, 0.717) is 22.2 Å². The summed E-state index contributed by atoms with van der Waals surface area (Å²) in [5.41, 5.74) is 3.56. The van der Waals surface area contributed by atoms with Gasteiger partial charge in [-0.25, -0.2) is 4.98 Å². The third-order valence-electron chi connectivity index (χ3n) is 5.04. The van der Waals surface area contributed by atoms with Crippen molar-refractivity contribution in [1.82, 2.24) is 15.0 Å². The summed E-state index contributed by atoms with van der Waals surface area (Å²) in [6.45, 7) is 2.02. The van der Waals surface area contributed by atoms with E-state index in [1.165, 1.54) is 5.56 Å². The Balaban J connectivity index is 1.79. The average molecular weight is 371 g/mol. The van der Waals surface area contributed by atoms with Crippen LogP contribution in [0.15, 0.2) is 35.6 Å². The van der Waals surface area contributed by atoms with Crippen LogP contribution in [0.5, 0.6) is 11.5 Å². The van der Waals surface area contributed by atoms with E-state index in [4.69, 9.17) is 9.47 Å². The molecule has 2 unspecified atom stereocenters. The van der Waals surface area contributed by atoms with Gasteiger partial charge in [-0.1, -0.05) is 6.07 Å². The molecule has 0 spiro atoms. The zero-order valence-electron chi connectivity index (χ0n) is 15.0. The number of rotatable bonds is 4. The number of hydrogen-bond acceptors (Lipinski definition) is 5. The van der Waals surface area contributed by atoms with Crippen LogP contribution in [0.4, 0.5) is 0 Å². The van der Waals surface area contributed by atoms with Crippen molar-refractivity contribution in [3.8, 4) is 11.5 Å². The van der Waals surface area contributed by atoms with E-state index in [-0.39, 0.29) is 0 Å². The first-order valence-electron chi connectivity index (χ1n) is 8.55. The van der Waals surface area contributed by atoms with E-state index in [1.807, 2.05) is 19.1 Å². The maximum absolute atomic E-state index is 13.5. The number of benzene rings is 1. The van der Waals surface area contributed by atoms with Crippen LogP contribution in [-0.2, 0) is 22.0 Å². The lowest BCUT2D eigenvalue weighted by atomic mass is 9.87. The number of aromatic nitrogens is 3. The van der Waals surface area contributed by atoms with Crippen molar-refractivity contribution in [2.75, 3.05) is 14.2 Å². The molecule has 4 rings (SSSR count). The van der Waals surface area contributed by atoms with Crippen LogP contribution in [-0.4, -0.2) is 33.4 Å². The van der Waals surface area contributed by atoms with Gasteiger partial charge in [0.2, 0.25) is 0 Å². The van der Waals surface area contributed by atoms with Gasteiger partial charge in [-0.3, -0.25) is 9.19 Å². The summed E-state index contributed by atoms with van der Waals surface area (Å²) < 4.78 is 23.6. The molecule has 1 aliphatic rings. The molecule has 1 aliphatic carbocycles. The van der Waals surface area contributed by atoms with E-state index in [0.717, 1.165) is 30.5 Å². The Morgan fingerprint density at radius 2 is 2.00 bits per heavy atom. The van der Waals surface area contributed by atoms with Gasteiger partial charge in [0.25, 0.3) is 0 Å². The number of aryl methyl sites for hydroxylation is 1. The number of hydrogen-bond donors (Lipinski definition) is 1. The summed E-state index contributed by atoms with van der Waals surface area (Å²) in [6.07, 6.45) is 4.55. The van der Waals surface area contributed by atoms with Crippen LogP contribution in [0.2, 0.25) is 0 Å². The zero-order chi connectivity index (χ0) is 18.3. The Kier molecular flexibility index (Phi) is 4.19. The van der Waals surface area contributed by atoms with E-state index >= 15 is 0 Å². The van der Waals surface area contributed by atoms with Crippen LogP contribution < -0.4 is 9.47 Å².